The molecule has 0 saturated heterocycles. The Morgan fingerprint density at radius 1 is 1.32 bits per heavy atom. The second-order valence-corrected chi connectivity index (χ2v) is 8.95. The molecule has 0 radical (unpaired) electrons. The number of benzene rings is 1. The Morgan fingerprint density at radius 2 is 2.00 bits per heavy atom. The van der Waals surface area contributed by atoms with E-state index in [2.05, 4.69) is 10.5 Å². The molecule has 1 atom stereocenters. The molecule has 0 aliphatic carbocycles. The lowest BCUT2D eigenvalue weighted by Gasteiger charge is -2.29. The van der Waals surface area contributed by atoms with Crippen molar-refractivity contribution in [1.82, 2.24) is 5.32 Å². The number of halogens is 5. The van der Waals surface area contributed by atoms with E-state index in [4.69, 9.17) is 33.3 Å². The Hall–Kier alpha value is -2.28. The Balaban J connectivity index is 1.83. The lowest BCUT2D eigenvalue weighted by Crippen LogP contribution is -2.42. The summed E-state index contributed by atoms with van der Waals surface area (Å²) in [4.78, 5) is 18.0. The molecule has 0 saturated carbocycles. The average Bonchev–Trinajstić information content (AvgIpc) is 3.28. The van der Waals surface area contributed by atoms with Crippen LogP contribution in [-0.2, 0) is 21.8 Å². The van der Waals surface area contributed by atoms with E-state index in [0.717, 1.165) is 10.4 Å². The Kier molecular flexibility index (Phi) is 6.84. The maximum atomic E-state index is 14.1. The van der Waals surface area contributed by atoms with E-state index in [1.165, 1.54) is 29.5 Å². The number of rotatable bonds is 6. The van der Waals surface area contributed by atoms with Gasteiger partial charge in [-0.15, -0.1) is 11.3 Å². The number of amides is 1. The topological polar surface area (TPSA) is 74.5 Å². The number of nitriles is 1. The first-order chi connectivity index (χ1) is 14.6. The molecule has 1 aliphatic rings. The van der Waals surface area contributed by atoms with Gasteiger partial charge in [-0.2, -0.15) is 18.4 Å². The van der Waals surface area contributed by atoms with Gasteiger partial charge in [0.1, 0.15) is 5.71 Å². The van der Waals surface area contributed by atoms with Gasteiger partial charge in [0.15, 0.2) is 0 Å². The number of alkyl halides is 3. The van der Waals surface area contributed by atoms with Crippen molar-refractivity contribution in [2.75, 3.05) is 0 Å². The van der Waals surface area contributed by atoms with Gasteiger partial charge in [-0.3, -0.25) is 4.79 Å². The minimum Gasteiger partial charge on any atom is -0.374 e. The molecule has 0 fully saturated rings. The van der Waals surface area contributed by atoms with Crippen molar-refractivity contribution >= 4 is 46.2 Å². The largest absolute Gasteiger partial charge is 0.435 e. The van der Waals surface area contributed by atoms with E-state index in [-0.39, 0.29) is 46.6 Å². The van der Waals surface area contributed by atoms with E-state index in [0.29, 0.717) is 4.88 Å². The molecule has 3 rings (SSSR count). The van der Waals surface area contributed by atoms with Crippen molar-refractivity contribution in [3.8, 4) is 6.07 Å². The molecule has 1 aromatic heterocycles. The molecule has 1 amide bonds. The van der Waals surface area contributed by atoms with Crippen molar-refractivity contribution < 1.29 is 22.8 Å². The monoisotopic (exact) mass is 489 g/mol. The number of nitrogens with zero attached hydrogens (tertiary/aromatic N) is 2. The van der Waals surface area contributed by atoms with Gasteiger partial charge >= 0.3 is 6.18 Å². The molecule has 164 valence electrons. The van der Waals surface area contributed by atoms with Gasteiger partial charge in [0, 0.05) is 33.3 Å². The average molecular weight is 490 g/mol. The third kappa shape index (κ3) is 4.97. The summed E-state index contributed by atoms with van der Waals surface area (Å²) in [5.41, 5.74) is -1.97. The third-order valence-corrected chi connectivity index (χ3v) is 6.45. The number of thiophene rings is 1. The lowest BCUT2D eigenvalue weighted by atomic mass is 9.88. The summed E-state index contributed by atoms with van der Waals surface area (Å²) < 4.78 is 42.3. The first-order valence-electron chi connectivity index (χ1n) is 9.07. The lowest BCUT2D eigenvalue weighted by molar-refractivity contribution is -0.275. The first kappa shape index (κ1) is 23.4. The van der Waals surface area contributed by atoms with Gasteiger partial charge in [-0.25, -0.2) is 0 Å². The molecular weight excluding hydrogens is 474 g/mol. The summed E-state index contributed by atoms with van der Waals surface area (Å²) in [5, 5.41) is 15.1. The Morgan fingerprint density at radius 3 is 2.61 bits per heavy atom. The molecule has 2 aromatic rings. The molecule has 31 heavy (non-hydrogen) atoms. The van der Waals surface area contributed by atoms with Crippen LogP contribution in [0.25, 0.3) is 0 Å². The molecule has 0 bridgehead atoms. The van der Waals surface area contributed by atoms with Gasteiger partial charge < -0.3 is 10.2 Å². The van der Waals surface area contributed by atoms with E-state index in [1.807, 2.05) is 6.07 Å². The van der Waals surface area contributed by atoms with Crippen LogP contribution in [0.2, 0.25) is 10.0 Å². The quantitative estimate of drug-likeness (QED) is 0.551. The summed E-state index contributed by atoms with van der Waals surface area (Å²) in [7, 11) is 0. The summed E-state index contributed by atoms with van der Waals surface area (Å²) in [6.45, 7) is 2.00. The third-order valence-electron chi connectivity index (χ3n) is 4.73. The number of hydrogen-bond acceptors (Lipinski definition) is 5. The fourth-order valence-electron chi connectivity index (χ4n) is 3.10. The van der Waals surface area contributed by atoms with Crippen LogP contribution in [0.15, 0.2) is 29.4 Å². The van der Waals surface area contributed by atoms with Crippen LogP contribution in [0.3, 0.4) is 0 Å². The van der Waals surface area contributed by atoms with Crippen LogP contribution in [0.4, 0.5) is 13.2 Å². The SMILES string of the molecule is Cc1cc(C2=NOC(c3cc(Cl)cc(Cl)c3)(C(F)(F)F)C2)sc1CNC(=O)CCC#N. The molecule has 2 heterocycles. The van der Waals surface area contributed by atoms with E-state index < -0.39 is 18.2 Å². The Labute approximate surface area is 190 Å². The first-order valence-corrected chi connectivity index (χ1v) is 10.6. The molecule has 1 aliphatic heterocycles. The van der Waals surface area contributed by atoms with Crippen LogP contribution < -0.4 is 5.32 Å². The highest BCUT2D eigenvalue weighted by molar-refractivity contribution is 7.14. The van der Waals surface area contributed by atoms with Crippen molar-refractivity contribution in [3.63, 3.8) is 0 Å². The molecule has 1 aromatic carbocycles. The number of hydrogen-bond donors (Lipinski definition) is 1. The van der Waals surface area contributed by atoms with Crippen LogP contribution >= 0.6 is 34.5 Å². The number of carbonyl (C=O) groups is 1. The predicted molar refractivity (Wildman–Crippen MR) is 112 cm³/mol. The zero-order chi connectivity index (χ0) is 22.8. The fraction of sp³-hybridized carbons (Fsp3) is 0.350. The van der Waals surface area contributed by atoms with Gasteiger partial charge in [0.2, 0.25) is 5.91 Å². The number of nitrogens with one attached hydrogen (secondary N) is 1. The summed E-state index contributed by atoms with van der Waals surface area (Å²) in [6.07, 6.45) is -5.11. The highest BCUT2D eigenvalue weighted by atomic mass is 35.5. The van der Waals surface area contributed by atoms with Crippen molar-refractivity contribution in [2.45, 2.75) is 44.5 Å². The van der Waals surface area contributed by atoms with Crippen molar-refractivity contribution in [2.24, 2.45) is 5.16 Å². The van der Waals surface area contributed by atoms with Crippen molar-refractivity contribution in [3.05, 3.63) is 55.2 Å². The maximum Gasteiger partial charge on any atom is 0.435 e. The number of aryl methyl sites for hydroxylation is 1. The minimum atomic E-state index is -4.77. The molecule has 1 N–H and O–H groups in total. The zero-order valence-electron chi connectivity index (χ0n) is 16.1. The van der Waals surface area contributed by atoms with E-state index >= 15 is 0 Å². The number of carbonyl (C=O) groups excluding carboxylic acids is 1. The number of oxime groups is 1. The summed E-state index contributed by atoms with van der Waals surface area (Å²) >= 11 is 13.1. The van der Waals surface area contributed by atoms with Gasteiger partial charge in [-0.05, 0) is 36.8 Å². The van der Waals surface area contributed by atoms with Gasteiger partial charge in [0.05, 0.1) is 23.9 Å². The van der Waals surface area contributed by atoms with Crippen molar-refractivity contribution in [1.29, 1.82) is 5.26 Å². The van der Waals surface area contributed by atoms with Gasteiger partial charge in [0.25, 0.3) is 5.60 Å². The van der Waals surface area contributed by atoms with Crippen LogP contribution in [0, 0.1) is 18.3 Å². The normalized spacial score (nSPS) is 18.3. The molecule has 5 nitrogen and oxygen atoms in total. The molecule has 0 spiro atoms. The Bertz CT molecular complexity index is 1060. The predicted octanol–water partition coefficient (Wildman–Crippen LogP) is 5.87. The maximum absolute atomic E-state index is 14.1. The summed E-state index contributed by atoms with van der Waals surface area (Å²) in [6, 6.07) is 7.28. The fourth-order valence-corrected chi connectivity index (χ4v) is 4.72. The zero-order valence-corrected chi connectivity index (χ0v) is 18.5. The smallest absolute Gasteiger partial charge is 0.374 e. The second-order valence-electron chi connectivity index (χ2n) is 6.94. The van der Waals surface area contributed by atoms with Crippen LogP contribution in [-0.4, -0.2) is 17.8 Å². The standard InChI is InChI=1S/C20H16Cl2F3N3O2S/c1-11-5-16(31-17(11)10-27-18(29)3-2-4-26)15-9-19(30-28-15,20(23,24)25)12-6-13(21)8-14(22)7-12/h5-8H,2-3,9-10H2,1H3,(H,27,29). The molecular formula is C20H16Cl2F3N3O2S. The highest BCUT2D eigenvalue weighted by Gasteiger charge is 2.62. The highest BCUT2D eigenvalue weighted by Crippen LogP contribution is 2.50. The second kappa shape index (κ2) is 9.07. The van der Waals surface area contributed by atoms with Crippen LogP contribution in [0.5, 0.6) is 0 Å². The minimum absolute atomic E-state index is 0.0598. The molecule has 1 unspecified atom stereocenters. The van der Waals surface area contributed by atoms with Gasteiger partial charge in [-0.1, -0.05) is 28.4 Å². The van der Waals surface area contributed by atoms with E-state index in [9.17, 15) is 18.0 Å². The molecule has 11 heteroatoms. The van der Waals surface area contributed by atoms with E-state index in [1.54, 1.807) is 13.0 Å². The summed E-state index contributed by atoms with van der Waals surface area (Å²) in [5.74, 6) is -0.272. The van der Waals surface area contributed by atoms with Crippen LogP contribution in [0.1, 0.15) is 40.1 Å².